The van der Waals surface area contributed by atoms with Gasteiger partial charge in [0.2, 0.25) is 0 Å². The Balaban J connectivity index is 2.18. The number of aromatic nitrogens is 1. The Labute approximate surface area is 108 Å². The summed E-state index contributed by atoms with van der Waals surface area (Å²) in [5.74, 6) is 0.873. The highest BCUT2D eigenvalue weighted by atomic mass is 15.0. The number of hydrogen-bond donors (Lipinski definition) is 2. The molecule has 1 heterocycles. The van der Waals surface area contributed by atoms with Gasteiger partial charge in [0, 0.05) is 0 Å². The van der Waals surface area contributed by atoms with Gasteiger partial charge in [-0.05, 0) is 30.5 Å². The number of benzene rings is 1. The molecule has 1 aromatic heterocycles. The maximum absolute atomic E-state index is 5.77. The summed E-state index contributed by atoms with van der Waals surface area (Å²) in [4.78, 5) is 4.32. The van der Waals surface area contributed by atoms with Crippen LogP contribution in [0.1, 0.15) is 30.5 Å². The topological polar surface area (TPSA) is 50.9 Å². The van der Waals surface area contributed by atoms with E-state index in [1.54, 1.807) is 6.20 Å². The fraction of sp³-hybridized carbons (Fsp3) is 0.267. The predicted octanol–water partition coefficient (Wildman–Crippen LogP) is 3.54. The first kappa shape index (κ1) is 12.4. The van der Waals surface area contributed by atoms with E-state index in [0.717, 1.165) is 23.5 Å². The molecule has 3 nitrogen and oxygen atoms in total. The zero-order valence-electron chi connectivity index (χ0n) is 10.9. The van der Waals surface area contributed by atoms with Crippen molar-refractivity contribution in [3.8, 4) is 0 Å². The lowest BCUT2D eigenvalue weighted by Gasteiger charge is -2.18. The molecule has 0 saturated carbocycles. The Morgan fingerprint density at radius 3 is 2.61 bits per heavy atom. The molecule has 0 fully saturated rings. The van der Waals surface area contributed by atoms with Crippen LogP contribution in [-0.4, -0.2) is 4.98 Å². The smallest absolute Gasteiger partial charge is 0.126 e. The van der Waals surface area contributed by atoms with Crippen LogP contribution in [0.5, 0.6) is 0 Å². The average molecular weight is 241 g/mol. The van der Waals surface area contributed by atoms with E-state index in [-0.39, 0.29) is 6.04 Å². The largest absolute Gasteiger partial charge is 0.397 e. The number of anilines is 2. The molecule has 2 rings (SSSR count). The van der Waals surface area contributed by atoms with Gasteiger partial charge in [-0.2, -0.15) is 0 Å². The Hall–Kier alpha value is -2.03. The van der Waals surface area contributed by atoms with Gasteiger partial charge in [-0.3, -0.25) is 0 Å². The summed E-state index contributed by atoms with van der Waals surface area (Å²) in [5, 5.41) is 3.45. The number of aryl methyl sites for hydroxylation is 1. The number of rotatable bonds is 4. The van der Waals surface area contributed by atoms with E-state index < -0.39 is 0 Å². The van der Waals surface area contributed by atoms with Gasteiger partial charge in [-0.15, -0.1) is 0 Å². The van der Waals surface area contributed by atoms with Crippen LogP contribution < -0.4 is 11.1 Å². The van der Waals surface area contributed by atoms with Gasteiger partial charge in [0.05, 0.1) is 17.9 Å². The second-order valence-corrected chi connectivity index (χ2v) is 4.44. The van der Waals surface area contributed by atoms with Crippen molar-refractivity contribution in [2.24, 2.45) is 0 Å². The Bertz CT molecular complexity index is 508. The van der Waals surface area contributed by atoms with E-state index in [1.807, 2.05) is 19.1 Å². The van der Waals surface area contributed by atoms with Crippen molar-refractivity contribution in [3.05, 3.63) is 53.7 Å². The monoisotopic (exact) mass is 241 g/mol. The number of nitrogens with zero attached hydrogens (tertiary/aromatic N) is 1. The van der Waals surface area contributed by atoms with Crippen LogP contribution in [-0.2, 0) is 0 Å². The molecule has 18 heavy (non-hydrogen) atoms. The highest BCUT2D eigenvalue weighted by Crippen LogP contribution is 2.22. The molecule has 3 N–H and O–H groups in total. The number of nitrogen functional groups attached to an aromatic ring is 1. The normalized spacial score (nSPS) is 12.1. The van der Waals surface area contributed by atoms with Crippen LogP contribution in [0, 0.1) is 6.92 Å². The van der Waals surface area contributed by atoms with E-state index in [2.05, 4.69) is 41.5 Å². The van der Waals surface area contributed by atoms with Crippen molar-refractivity contribution in [3.63, 3.8) is 0 Å². The number of nitrogens with one attached hydrogen (secondary N) is 1. The van der Waals surface area contributed by atoms with E-state index in [4.69, 9.17) is 5.73 Å². The lowest BCUT2D eigenvalue weighted by molar-refractivity contribution is 0.744. The number of nitrogens with two attached hydrogens (primary N) is 1. The standard InChI is InChI=1S/C15H19N3/c1-3-14(12-7-5-4-6-8-12)18-15-9-11(2)13(16)10-17-15/h4-10,14H,3,16H2,1-2H3,(H,17,18). The van der Waals surface area contributed by atoms with Gasteiger partial charge in [0.1, 0.15) is 5.82 Å². The maximum atomic E-state index is 5.77. The van der Waals surface area contributed by atoms with Crippen LogP contribution in [0.15, 0.2) is 42.6 Å². The molecule has 0 aliphatic heterocycles. The zero-order valence-corrected chi connectivity index (χ0v) is 10.9. The Morgan fingerprint density at radius 1 is 1.28 bits per heavy atom. The van der Waals surface area contributed by atoms with Gasteiger partial charge in [-0.1, -0.05) is 37.3 Å². The van der Waals surface area contributed by atoms with E-state index in [1.165, 1.54) is 5.56 Å². The second-order valence-electron chi connectivity index (χ2n) is 4.44. The van der Waals surface area contributed by atoms with Crippen molar-refractivity contribution in [1.82, 2.24) is 4.98 Å². The van der Waals surface area contributed by atoms with Crippen LogP contribution >= 0.6 is 0 Å². The first-order chi connectivity index (χ1) is 8.70. The molecule has 0 radical (unpaired) electrons. The van der Waals surface area contributed by atoms with Crippen LogP contribution in [0.2, 0.25) is 0 Å². The quantitative estimate of drug-likeness (QED) is 0.860. The van der Waals surface area contributed by atoms with Crippen molar-refractivity contribution < 1.29 is 0 Å². The van der Waals surface area contributed by atoms with Crippen LogP contribution in [0.25, 0.3) is 0 Å². The second kappa shape index (κ2) is 5.54. The van der Waals surface area contributed by atoms with Gasteiger partial charge in [0.25, 0.3) is 0 Å². The van der Waals surface area contributed by atoms with Crippen molar-refractivity contribution in [1.29, 1.82) is 0 Å². The zero-order chi connectivity index (χ0) is 13.0. The van der Waals surface area contributed by atoms with Crippen molar-refractivity contribution in [2.45, 2.75) is 26.3 Å². The highest BCUT2D eigenvalue weighted by molar-refractivity contribution is 5.51. The Morgan fingerprint density at radius 2 is 2.00 bits per heavy atom. The molecule has 0 amide bonds. The molecule has 0 bridgehead atoms. The fourth-order valence-corrected chi connectivity index (χ4v) is 1.93. The van der Waals surface area contributed by atoms with Crippen LogP contribution in [0.4, 0.5) is 11.5 Å². The molecule has 2 aromatic rings. The molecule has 0 saturated heterocycles. The third-order valence-electron chi connectivity index (χ3n) is 3.08. The summed E-state index contributed by atoms with van der Waals surface area (Å²) in [6.07, 6.45) is 2.71. The summed E-state index contributed by atoms with van der Waals surface area (Å²) in [5.41, 5.74) is 8.83. The van der Waals surface area contributed by atoms with Crippen molar-refractivity contribution >= 4 is 11.5 Å². The minimum absolute atomic E-state index is 0.279. The lowest BCUT2D eigenvalue weighted by Crippen LogP contribution is -2.11. The maximum Gasteiger partial charge on any atom is 0.126 e. The number of hydrogen-bond acceptors (Lipinski definition) is 3. The average Bonchev–Trinajstić information content (AvgIpc) is 2.41. The molecule has 0 aliphatic rings. The SMILES string of the molecule is CCC(Nc1cc(C)c(N)cn1)c1ccccc1. The highest BCUT2D eigenvalue weighted by Gasteiger charge is 2.09. The van der Waals surface area contributed by atoms with E-state index in [9.17, 15) is 0 Å². The Kier molecular flexibility index (Phi) is 3.82. The van der Waals surface area contributed by atoms with Gasteiger partial charge in [0.15, 0.2) is 0 Å². The third kappa shape index (κ3) is 2.80. The molecule has 94 valence electrons. The summed E-state index contributed by atoms with van der Waals surface area (Å²) < 4.78 is 0. The third-order valence-corrected chi connectivity index (χ3v) is 3.08. The molecule has 3 heteroatoms. The lowest BCUT2D eigenvalue weighted by atomic mass is 10.0. The molecule has 0 aliphatic carbocycles. The summed E-state index contributed by atoms with van der Waals surface area (Å²) in [6, 6.07) is 12.7. The summed E-state index contributed by atoms with van der Waals surface area (Å²) >= 11 is 0. The van der Waals surface area contributed by atoms with Crippen molar-refractivity contribution in [2.75, 3.05) is 11.1 Å². The molecule has 1 atom stereocenters. The van der Waals surface area contributed by atoms with E-state index in [0.29, 0.717) is 0 Å². The minimum Gasteiger partial charge on any atom is -0.397 e. The first-order valence-electron chi connectivity index (χ1n) is 6.24. The fourth-order valence-electron chi connectivity index (χ4n) is 1.93. The van der Waals surface area contributed by atoms with Gasteiger partial charge in [-0.25, -0.2) is 4.98 Å². The molecular formula is C15H19N3. The summed E-state index contributed by atoms with van der Waals surface area (Å²) in [7, 11) is 0. The number of pyridine rings is 1. The molecule has 0 spiro atoms. The van der Waals surface area contributed by atoms with Gasteiger partial charge < -0.3 is 11.1 Å². The predicted molar refractivity (Wildman–Crippen MR) is 76.5 cm³/mol. The van der Waals surface area contributed by atoms with E-state index >= 15 is 0 Å². The van der Waals surface area contributed by atoms with Crippen LogP contribution in [0.3, 0.4) is 0 Å². The van der Waals surface area contributed by atoms with Gasteiger partial charge >= 0.3 is 0 Å². The molecule has 1 aromatic carbocycles. The summed E-state index contributed by atoms with van der Waals surface area (Å²) in [6.45, 7) is 4.15. The molecular weight excluding hydrogens is 222 g/mol. The molecule has 1 unspecified atom stereocenters. The first-order valence-corrected chi connectivity index (χ1v) is 6.24. The minimum atomic E-state index is 0.279.